The smallest absolute Gasteiger partial charge is 0.389 e. The van der Waals surface area contributed by atoms with Gasteiger partial charge in [-0.3, -0.25) is 9.59 Å². The second-order valence-electron chi connectivity index (χ2n) is 5.43. The fraction of sp³-hybridized carbons (Fsp3) is 0.294. The maximum absolute atomic E-state index is 12.8. The first-order valence-corrected chi connectivity index (χ1v) is 7.67. The summed E-state index contributed by atoms with van der Waals surface area (Å²) in [5.41, 5.74) is 0.0635. The summed E-state index contributed by atoms with van der Waals surface area (Å²) >= 11 is 0. The minimum atomic E-state index is -4.30. The Bertz CT molecular complexity index is 818. The van der Waals surface area contributed by atoms with Crippen LogP contribution in [-0.4, -0.2) is 23.7 Å². The molecule has 2 N–H and O–H groups in total. The summed E-state index contributed by atoms with van der Waals surface area (Å²) in [6.07, 6.45) is -4.27. The van der Waals surface area contributed by atoms with Gasteiger partial charge in [0.15, 0.2) is 0 Å². The number of ether oxygens (including phenoxy) is 1. The third-order valence-electron chi connectivity index (χ3n) is 3.34. The number of carbonyl (C=O) groups excluding carboxylic acids is 1. The molecular weight excluding hydrogens is 356 g/mol. The predicted octanol–water partition coefficient (Wildman–Crippen LogP) is 3.82. The Morgan fingerprint density at radius 2 is 1.96 bits per heavy atom. The Morgan fingerprint density at radius 1 is 1.19 bits per heavy atom. The molecule has 140 valence electrons. The van der Waals surface area contributed by atoms with Crippen molar-refractivity contribution in [3.63, 3.8) is 0 Å². The first-order chi connectivity index (χ1) is 12.3. The molecule has 0 radical (unpaired) electrons. The Hall–Kier alpha value is -2.84. The normalized spacial score (nSPS) is 11.2. The van der Waals surface area contributed by atoms with Crippen LogP contribution in [0.2, 0.25) is 0 Å². The predicted molar refractivity (Wildman–Crippen MR) is 87.1 cm³/mol. The number of benzene rings is 1. The van der Waals surface area contributed by atoms with Gasteiger partial charge in [-0.2, -0.15) is 13.2 Å². The van der Waals surface area contributed by atoms with E-state index < -0.39 is 30.7 Å². The second kappa shape index (κ2) is 8.50. The molecule has 0 aliphatic heterocycles. The summed E-state index contributed by atoms with van der Waals surface area (Å²) in [4.78, 5) is 26.0. The molecule has 0 fully saturated rings. The van der Waals surface area contributed by atoms with Crippen LogP contribution in [-0.2, 0) is 6.67 Å². The highest BCUT2D eigenvalue weighted by molar-refractivity contribution is 6.06. The molecule has 0 aliphatic carbocycles. The van der Waals surface area contributed by atoms with E-state index in [1.807, 2.05) is 0 Å². The highest BCUT2D eigenvalue weighted by Gasteiger charge is 2.26. The van der Waals surface area contributed by atoms with Crippen LogP contribution in [0.4, 0.5) is 23.2 Å². The molecule has 1 aromatic carbocycles. The molecule has 9 heteroatoms. The summed E-state index contributed by atoms with van der Waals surface area (Å²) in [6, 6.07) is 6.57. The lowest BCUT2D eigenvalue weighted by atomic mass is 10.1. The molecule has 0 bridgehead atoms. The lowest BCUT2D eigenvalue weighted by Crippen LogP contribution is -2.16. The number of pyridine rings is 1. The molecule has 0 saturated heterocycles. The number of hydrogen-bond donors (Lipinski definition) is 2. The SMILES string of the molecule is O=C(Nc1cc[nH]c(=O)c1)c1ccc(CF)cc1OCCCC(F)(F)F. The first kappa shape index (κ1) is 19.5. The Morgan fingerprint density at radius 3 is 2.62 bits per heavy atom. The average Bonchev–Trinajstić information content (AvgIpc) is 2.57. The van der Waals surface area contributed by atoms with Gasteiger partial charge in [0.1, 0.15) is 12.4 Å². The van der Waals surface area contributed by atoms with Crippen LogP contribution in [0.1, 0.15) is 28.8 Å². The molecule has 0 unspecified atom stereocenters. The van der Waals surface area contributed by atoms with Crippen molar-refractivity contribution in [3.05, 3.63) is 58.0 Å². The topological polar surface area (TPSA) is 71.2 Å². The minimum Gasteiger partial charge on any atom is -0.493 e. The van der Waals surface area contributed by atoms with Gasteiger partial charge in [0.25, 0.3) is 5.91 Å². The zero-order valence-electron chi connectivity index (χ0n) is 13.5. The van der Waals surface area contributed by atoms with Gasteiger partial charge in [-0.1, -0.05) is 6.07 Å². The lowest BCUT2D eigenvalue weighted by Gasteiger charge is -2.13. The quantitative estimate of drug-likeness (QED) is 0.573. The van der Waals surface area contributed by atoms with Crippen molar-refractivity contribution in [2.24, 2.45) is 0 Å². The van der Waals surface area contributed by atoms with Gasteiger partial charge in [-0.05, 0) is 30.2 Å². The highest BCUT2D eigenvalue weighted by Crippen LogP contribution is 2.25. The minimum absolute atomic E-state index is 0.0227. The Kier molecular flexibility index (Phi) is 6.37. The average molecular weight is 372 g/mol. The van der Waals surface area contributed by atoms with E-state index in [2.05, 4.69) is 10.3 Å². The van der Waals surface area contributed by atoms with E-state index >= 15 is 0 Å². The van der Waals surface area contributed by atoms with Crippen LogP contribution >= 0.6 is 0 Å². The van der Waals surface area contributed by atoms with Crippen molar-refractivity contribution < 1.29 is 27.1 Å². The number of H-pyrrole nitrogens is 1. The number of nitrogens with one attached hydrogen (secondary N) is 2. The van der Waals surface area contributed by atoms with Crippen molar-refractivity contribution in [1.82, 2.24) is 4.98 Å². The van der Waals surface area contributed by atoms with Crippen LogP contribution in [0.5, 0.6) is 5.75 Å². The zero-order chi connectivity index (χ0) is 19.2. The number of carbonyl (C=O) groups is 1. The van der Waals surface area contributed by atoms with Crippen molar-refractivity contribution in [1.29, 1.82) is 0 Å². The number of hydrogen-bond acceptors (Lipinski definition) is 3. The third-order valence-corrected chi connectivity index (χ3v) is 3.34. The van der Waals surface area contributed by atoms with Gasteiger partial charge in [0, 0.05) is 24.4 Å². The van der Waals surface area contributed by atoms with Gasteiger partial charge < -0.3 is 15.0 Å². The number of amides is 1. The van der Waals surface area contributed by atoms with Crippen LogP contribution in [0.25, 0.3) is 0 Å². The fourth-order valence-corrected chi connectivity index (χ4v) is 2.13. The van der Waals surface area contributed by atoms with Crippen molar-refractivity contribution in [2.45, 2.75) is 25.7 Å². The molecule has 0 saturated carbocycles. The first-order valence-electron chi connectivity index (χ1n) is 7.67. The van der Waals surface area contributed by atoms with Gasteiger partial charge in [0.05, 0.1) is 12.2 Å². The molecular formula is C17H16F4N2O3. The summed E-state index contributed by atoms with van der Waals surface area (Å²) in [6.45, 7) is -1.09. The van der Waals surface area contributed by atoms with Crippen LogP contribution < -0.4 is 15.6 Å². The molecule has 1 heterocycles. The van der Waals surface area contributed by atoms with Gasteiger partial charge in [-0.25, -0.2) is 4.39 Å². The van der Waals surface area contributed by atoms with E-state index in [0.717, 1.165) is 6.07 Å². The number of aromatic nitrogens is 1. The van der Waals surface area contributed by atoms with E-state index in [4.69, 9.17) is 4.74 Å². The maximum Gasteiger partial charge on any atom is 0.389 e. The summed E-state index contributed by atoms with van der Waals surface area (Å²) in [5, 5.41) is 2.48. The molecule has 2 aromatic rings. The Balaban J connectivity index is 2.13. The number of alkyl halides is 4. The maximum atomic E-state index is 12.8. The number of rotatable bonds is 7. The molecule has 2 rings (SSSR count). The van der Waals surface area contributed by atoms with E-state index in [0.29, 0.717) is 0 Å². The van der Waals surface area contributed by atoms with Gasteiger partial charge >= 0.3 is 6.18 Å². The summed E-state index contributed by atoms with van der Waals surface area (Å²) < 4.78 is 54.6. The Labute approximate surface area is 146 Å². The molecule has 0 atom stereocenters. The van der Waals surface area contributed by atoms with E-state index in [-0.39, 0.29) is 35.6 Å². The zero-order valence-corrected chi connectivity index (χ0v) is 13.5. The number of anilines is 1. The third kappa shape index (κ3) is 5.91. The fourth-order valence-electron chi connectivity index (χ4n) is 2.13. The second-order valence-corrected chi connectivity index (χ2v) is 5.43. The van der Waals surface area contributed by atoms with Crippen molar-refractivity contribution in [2.75, 3.05) is 11.9 Å². The van der Waals surface area contributed by atoms with Crippen molar-refractivity contribution in [3.8, 4) is 5.75 Å². The lowest BCUT2D eigenvalue weighted by molar-refractivity contribution is -0.136. The van der Waals surface area contributed by atoms with Gasteiger partial charge in [-0.15, -0.1) is 0 Å². The molecule has 1 aromatic heterocycles. The number of halogens is 4. The van der Waals surface area contributed by atoms with E-state index in [9.17, 15) is 27.2 Å². The summed E-state index contributed by atoms with van der Waals surface area (Å²) in [7, 11) is 0. The van der Waals surface area contributed by atoms with E-state index in [1.54, 1.807) is 0 Å². The standard InChI is InChI=1S/C17H16F4N2O3/c18-10-11-2-3-13(14(8-11)26-7-1-5-17(19,20)21)16(25)23-12-4-6-22-15(24)9-12/h2-4,6,8-9H,1,5,7,10H2,(H2,22,23,24,25). The molecule has 5 nitrogen and oxygen atoms in total. The van der Waals surface area contributed by atoms with Crippen LogP contribution in [0, 0.1) is 0 Å². The molecule has 26 heavy (non-hydrogen) atoms. The molecule has 0 aliphatic rings. The summed E-state index contributed by atoms with van der Waals surface area (Å²) in [5.74, 6) is -0.656. The number of aromatic amines is 1. The van der Waals surface area contributed by atoms with Crippen molar-refractivity contribution >= 4 is 11.6 Å². The van der Waals surface area contributed by atoms with Gasteiger partial charge in [0.2, 0.25) is 5.56 Å². The largest absolute Gasteiger partial charge is 0.493 e. The van der Waals surface area contributed by atoms with E-state index in [1.165, 1.54) is 30.5 Å². The highest BCUT2D eigenvalue weighted by atomic mass is 19.4. The molecule has 0 spiro atoms. The monoisotopic (exact) mass is 372 g/mol. The molecule has 1 amide bonds. The van der Waals surface area contributed by atoms with Crippen LogP contribution in [0.3, 0.4) is 0 Å². The van der Waals surface area contributed by atoms with Crippen LogP contribution in [0.15, 0.2) is 41.3 Å².